The number of nitro groups is 1. The maximum Gasteiger partial charge on any atom is 0.273 e. The minimum absolute atomic E-state index is 0.0342. The lowest BCUT2D eigenvalue weighted by Crippen LogP contribution is -2.50. The summed E-state index contributed by atoms with van der Waals surface area (Å²) >= 11 is 0. The molecule has 0 fully saturated rings. The second-order valence-electron chi connectivity index (χ2n) is 6.21. The van der Waals surface area contributed by atoms with Crippen molar-refractivity contribution in [3.8, 4) is 6.07 Å². The fraction of sp³-hybridized carbons (Fsp3) is 0.211. The Morgan fingerprint density at radius 2 is 1.73 bits per heavy atom. The molecule has 2 N–H and O–H groups in total. The zero-order valence-electron chi connectivity index (χ0n) is 15.6. The summed E-state index contributed by atoms with van der Waals surface area (Å²) in [5, 5.41) is 24.3. The molecule has 0 heterocycles. The third-order valence-corrected chi connectivity index (χ3v) is 5.58. The molecule has 0 aliphatic rings. The van der Waals surface area contributed by atoms with Crippen molar-refractivity contribution in [1.82, 2.24) is 10.6 Å². The number of hydrogen-bond donors (Lipinski definition) is 2. The molecular weight excluding hydrogens is 412 g/mol. The van der Waals surface area contributed by atoms with E-state index in [2.05, 4.69) is 10.6 Å². The highest BCUT2D eigenvalue weighted by molar-refractivity contribution is 7.90. The summed E-state index contributed by atoms with van der Waals surface area (Å²) in [7, 11) is -4.05. The van der Waals surface area contributed by atoms with E-state index in [0.29, 0.717) is 0 Å². The normalized spacial score (nSPS) is 11.7. The Morgan fingerprint density at radius 1 is 1.10 bits per heavy atom. The van der Waals surface area contributed by atoms with E-state index in [4.69, 9.17) is 5.26 Å². The summed E-state index contributed by atoms with van der Waals surface area (Å²) in [5.74, 6) is -3.01. The highest BCUT2D eigenvalue weighted by Gasteiger charge is 2.29. The molecule has 30 heavy (non-hydrogen) atoms. The number of nitro benzene ring substituents is 1. The lowest BCUT2D eigenvalue weighted by atomic mass is 10.2. The standard InChI is InChI=1S/C19H18N4O6S/c20-10-11-21-19(25)16(22-18(24)14-6-2-1-3-7-14)13-30(28,29)12-15-8-4-5-9-17(15)23(26)27/h1-9,16H,11-13H2,(H,21,25)(H,22,24)/t16-/m0/s1. The highest BCUT2D eigenvalue weighted by atomic mass is 32.2. The van der Waals surface area contributed by atoms with Gasteiger partial charge in [0.05, 0.1) is 22.5 Å². The first-order valence-electron chi connectivity index (χ1n) is 8.67. The first-order chi connectivity index (χ1) is 14.2. The molecule has 0 bridgehead atoms. The molecule has 0 aliphatic carbocycles. The van der Waals surface area contributed by atoms with Crippen LogP contribution in [0.4, 0.5) is 5.69 Å². The van der Waals surface area contributed by atoms with Gasteiger partial charge in [0.2, 0.25) is 5.91 Å². The Labute approximate surface area is 172 Å². The number of sulfone groups is 1. The van der Waals surface area contributed by atoms with Gasteiger partial charge in [-0.2, -0.15) is 5.26 Å². The molecule has 2 aromatic carbocycles. The van der Waals surface area contributed by atoms with E-state index in [0.717, 1.165) is 0 Å². The van der Waals surface area contributed by atoms with Gasteiger partial charge < -0.3 is 10.6 Å². The number of nitriles is 1. The van der Waals surface area contributed by atoms with E-state index in [1.807, 2.05) is 0 Å². The van der Waals surface area contributed by atoms with Gasteiger partial charge in [0.1, 0.15) is 12.6 Å². The van der Waals surface area contributed by atoms with Crippen molar-refractivity contribution in [2.45, 2.75) is 11.8 Å². The number of para-hydroxylation sites is 1. The number of nitrogens with one attached hydrogen (secondary N) is 2. The van der Waals surface area contributed by atoms with Crippen molar-refractivity contribution in [1.29, 1.82) is 5.26 Å². The monoisotopic (exact) mass is 430 g/mol. The number of rotatable bonds is 9. The molecule has 2 rings (SSSR count). The first kappa shape index (κ1) is 22.5. The Morgan fingerprint density at radius 3 is 2.37 bits per heavy atom. The molecular formula is C19H18N4O6S. The molecule has 0 spiro atoms. The van der Waals surface area contributed by atoms with Gasteiger partial charge in [-0.25, -0.2) is 8.42 Å². The second kappa shape index (κ2) is 10.1. The zero-order valence-corrected chi connectivity index (χ0v) is 16.5. The lowest BCUT2D eigenvalue weighted by molar-refractivity contribution is -0.385. The number of benzene rings is 2. The molecule has 1 atom stereocenters. The molecule has 0 saturated carbocycles. The van der Waals surface area contributed by atoms with Crippen molar-refractivity contribution in [3.05, 3.63) is 75.8 Å². The van der Waals surface area contributed by atoms with Crippen molar-refractivity contribution in [2.75, 3.05) is 12.3 Å². The number of carbonyl (C=O) groups is 2. The van der Waals surface area contributed by atoms with Crippen LogP contribution in [0.5, 0.6) is 0 Å². The summed E-state index contributed by atoms with van der Waals surface area (Å²) in [5.41, 5.74) is -0.181. The Kier molecular flexibility index (Phi) is 7.60. The van der Waals surface area contributed by atoms with Crippen LogP contribution < -0.4 is 10.6 Å². The van der Waals surface area contributed by atoms with Gasteiger partial charge in [-0.1, -0.05) is 36.4 Å². The molecule has 0 unspecified atom stereocenters. The molecule has 11 heteroatoms. The Balaban J connectivity index is 2.23. The van der Waals surface area contributed by atoms with E-state index in [9.17, 15) is 28.1 Å². The summed E-state index contributed by atoms with van der Waals surface area (Å²) in [6.45, 7) is -0.374. The summed E-state index contributed by atoms with van der Waals surface area (Å²) in [6.07, 6.45) is 0. The molecule has 0 saturated heterocycles. The van der Waals surface area contributed by atoms with Crippen LogP contribution in [0.15, 0.2) is 54.6 Å². The van der Waals surface area contributed by atoms with E-state index in [1.165, 1.54) is 36.4 Å². The fourth-order valence-electron chi connectivity index (χ4n) is 2.62. The van der Waals surface area contributed by atoms with Crippen LogP contribution in [0.3, 0.4) is 0 Å². The van der Waals surface area contributed by atoms with Crippen LogP contribution >= 0.6 is 0 Å². The van der Waals surface area contributed by atoms with Crippen molar-refractivity contribution in [2.24, 2.45) is 0 Å². The molecule has 0 aromatic heterocycles. The number of nitrogens with zero attached hydrogens (tertiary/aromatic N) is 2. The van der Waals surface area contributed by atoms with Crippen molar-refractivity contribution < 1.29 is 22.9 Å². The summed E-state index contributed by atoms with van der Waals surface area (Å²) < 4.78 is 25.3. The maximum atomic E-state index is 12.7. The van der Waals surface area contributed by atoms with Crippen LogP contribution in [-0.4, -0.2) is 43.5 Å². The topological polar surface area (TPSA) is 159 Å². The van der Waals surface area contributed by atoms with Gasteiger partial charge >= 0.3 is 0 Å². The zero-order chi connectivity index (χ0) is 22.1. The van der Waals surface area contributed by atoms with Crippen LogP contribution in [0, 0.1) is 21.4 Å². The predicted octanol–water partition coefficient (Wildman–Crippen LogP) is 0.948. The first-order valence-corrected chi connectivity index (χ1v) is 10.5. The number of hydrogen-bond acceptors (Lipinski definition) is 7. The average molecular weight is 430 g/mol. The third kappa shape index (κ3) is 6.39. The minimum Gasteiger partial charge on any atom is -0.341 e. The average Bonchev–Trinajstić information content (AvgIpc) is 2.71. The van der Waals surface area contributed by atoms with Gasteiger partial charge in [-0.3, -0.25) is 19.7 Å². The molecule has 0 radical (unpaired) electrons. The molecule has 156 valence electrons. The Hall–Kier alpha value is -3.78. The van der Waals surface area contributed by atoms with E-state index < -0.39 is 44.1 Å². The Bertz CT molecular complexity index is 1080. The van der Waals surface area contributed by atoms with E-state index in [-0.39, 0.29) is 23.4 Å². The van der Waals surface area contributed by atoms with Crippen molar-refractivity contribution in [3.63, 3.8) is 0 Å². The quantitative estimate of drug-likeness (QED) is 0.340. The van der Waals surface area contributed by atoms with Crippen LogP contribution in [0.25, 0.3) is 0 Å². The molecule has 2 aromatic rings. The van der Waals surface area contributed by atoms with Crippen LogP contribution in [0.2, 0.25) is 0 Å². The SMILES string of the molecule is N#CCNC(=O)[C@H](CS(=O)(=O)Cc1ccccc1[N+](=O)[O-])NC(=O)c1ccccc1. The van der Waals surface area contributed by atoms with Gasteiger partial charge in [0.25, 0.3) is 11.6 Å². The summed E-state index contributed by atoms with van der Waals surface area (Å²) in [6, 6.07) is 13.4. The van der Waals surface area contributed by atoms with Crippen molar-refractivity contribution >= 4 is 27.3 Å². The second-order valence-corrected chi connectivity index (χ2v) is 8.32. The smallest absolute Gasteiger partial charge is 0.273 e. The fourth-order valence-corrected chi connectivity index (χ4v) is 4.20. The molecule has 0 aliphatic heterocycles. The highest BCUT2D eigenvalue weighted by Crippen LogP contribution is 2.20. The number of carbonyl (C=O) groups excluding carboxylic acids is 2. The van der Waals surface area contributed by atoms with Crippen LogP contribution in [0.1, 0.15) is 15.9 Å². The molecule has 2 amide bonds. The maximum absolute atomic E-state index is 12.7. The number of amides is 2. The van der Waals surface area contributed by atoms with Gasteiger partial charge in [0, 0.05) is 17.2 Å². The van der Waals surface area contributed by atoms with E-state index >= 15 is 0 Å². The van der Waals surface area contributed by atoms with E-state index in [1.54, 1.807) is 24.3 Å². The van der Waals surface area contributed by atoms with Gasteiger partial charge in [0.15, 0.2) is 9.84 Å². The van der Waals surface area contributed by atoms with Gasteiger partial charge in [-0.05, 0) is 12.1 Å². The molecule has 10 nitrogen and oxygen atoms in total. The minimum atomic E-state index is -4.05. The lowest BCUT2D eigenvalue weighted by Gasteiger charge is -2.18. The van der Waals surface area contributed by atoms with Crippen LogP contribution in [-0.2, 0) is 20.4 Å². The predicted molar refractivity (Wildman–Crippen MR) is 107 cm³/mol. The van der Waals surface area contributed by atoms with Gasteiger partial charge in [-0.15, -0.1) is 0 Å². The largest absolute Gasteiger partial charge is 0.341 e. The third-order valence-electron chi connectivity index (χ3n) is 3.98. The summed E-state index contributed by atoms with van der Waals surface area (Å²) in [4.78, 5) is 35.1.